The Morgan fingerprint density at radius 2 is 2.03 bits per heavy atom. The van der Waals surface area contributed by atoms with Gasteiger partial charge in [0.1, 0.15) is 17.5 Å². The van der Waals surface area contributed by atoms with Gasteiger partial charge in [-0.3, -0.25) is 4.79 Å². The molecule has 0 aliphatic rings. The highest BCUT2D eigenvalue weighted by atomic mass is 19.4. The lowest BCUT2D eigenvalue weighted by atomic mass is 10.2. The smallest absolute Gasteiger partial charge is 0.358 e. The first-order chi connectivity index (χ1) is 15.7. The predicted octanol–water partition coefficient (Wildman–Crippen LogP) is 3.40. The maximum atomic E-state index is 12.9. The molecule has 5 aromatic rings. The number of fused-ring (bicyclic) bond motifs is 2. The lowest BCUT2D eigenvalue weighted by molar-refractivity contribution is -0.137. The fraction of sp³-hybridized carbons (Fsp3) is 0.200. The van der Waals surface area contributed by atoms with Crippen LogP contribution in [0, 0.1) is 0 Å². The van der Waals surface area contributed by atoms with Gasteiger partial charge in [0.25, 0.3) is 5.91 Å². The average molecular weight is 456 g/mol. The first-order valence-corrected chi connectivity index (χ1v) is 9.67. The molecular formula is C20H15F3N8O2. The predicted molar refractivity (Wildman–Crippen MR) is 109 cm³/mol. The first-order valence-electron chi connectivity index (χ1n) is 9.67. The summed E-state index contributed by atoms with van der Waals surface area (Å²) in [5, 5.41) is 6.71. The zero-order chi connectivity index (χ0) is 23.3. The van der Waals surface area contributed by atoms with Crippen molar-refractivity contribution in [3.05, 3.63) is 53.9 Å². The zero-order valence-corrected chi connectivity index (χ0v) is 17.2. The number of halogens is 3. The van der Waals surface area contributed by atoms with Gasteiger partial charge >= 0.3 is 6.18 Å². The van der Waals surface area contributed by atoms with Gasteiger partial charge in [-0.1, -0.05) is 5.16 Å². The molecule has 1 aromatic carbocycles. The molecule has 0 fully saturated rings. The van der Waals surface area contributed by atoms with E-state index in [1.807, 2.05) is 0 Å². The van der Waals surface area contributed by atoms with E-state index in [9.17, 15) is 18.0 Å². The molecule has 0 saturated carbocycles. The molecule has 0 radical (unpaired) electrons. The Morgan fingerprint density at radius 1 is 1.21 bits per heavy atom. The minimum absolute atomic E-state index is 0.157. The first kappa shape index (κ1) is 20.6. The number of H-pyrrole nitrogens is 1. The van der Waals surface area contributed by atoms with Crippen LogP contribution in [0.15, 0.2) is 41.4 Å². The number of carbonyl (C=O) groups is 1. The molecule has 0 aliphatic carbocycles. The number of aromatic amines is 1. The summed E-state index contributed by atoms with van der Waals surface area (Å²) in [6.07, 6.45) is -1.67. The summed E-state index contributed by atoms with van der Waals surface area (Å²) in [6, 6.07) is 4.19. The normalized spacial score (nSPS) is 13.0. The van der Waals surface area contributed by atoms with E-state index in [0.717, 1.165) is 12.1 Å². The molecular weight excluding hydrogens is 441 g/mol. The topological polar surface area (TPSA) is 127 Å². The van der Waals surface area contributed by atoms with Gasteiger partial charge in [0.15, 0.2) is 22.9 Å². The van der Waals surface area contributed by atoms with E-state index in [-0.39, 0.29) is 22.7 Å². The number of aromatic nitrogens is 7. The highest BCUT2D eigenvalue weighted by Gasteiger charge is 2.31. The summed E-state index contributed by atoms with van der Waals surface area (Å²) in [7, 11) is 1.73. The SMILES string of the molecule is C[C@@H](NC(=O)c1ncnc2ncn(C)c12)c1cc(-c2nc3ccc(C(F)(F)F)cc3[nH]2)no1. The molecule has 168 valence electrons. The van der Waals surface area contributed by atoms with E-state index in [1.165, 1.54) is 18.7 Å². The van der Waals surface area contributed by atoms with Crippen LogP contribution in [0.5, 0.6) is 0 Å². The minimum Gasteiger partial charge on any atom is -0.358 e. The van der Waals surface area contributed by atoms with E-state index >= 15 is 0 Å². The summed E-state index contributed by atoms with van der Waals surface area (Å²) >= 11 is 0. The summed E-state index contributed by atoms with van der Waals surface area (Å²) in [4.78, 5) is 32.1. The van der Waals surface area contributed by atoms with Crippen molar-refractivity contribution >= 4 is 28.1 Å². The standard InChI is InChI=1S/C20H15F3N8O2/c1-9(27-19(32)15-16-18(25-7-24-15)26-8-31(16)2)14-6-13(30-33-14)17-28-11-4-3-10(20(21,22)23)5-12(11)29-17/h3-9H,1-2H3,(H,27,32)(H,28,29)/t9-/m1/s1. The van der Waals surface area contributed by atoms with Crippen molar-refractivity contribution in [3.63, 3.8) is 0 Å². The molecule has 5 rings (SSSR count). The second-order valence-corrected chi connectivity index (χ2v) is 7.37. The zero-order valence-electron chi connectivity index (χ0n) is 17.2. The van der Waals surface area contributed by atoms with Gasteiger partial charge in [-0.25, -0.2) is 19.9 Å². The lowest BCUT2D eigenvalue weighted by Crippen LogP contribution is -2.27. The van der Waals surface area contributed by atoms with Crippen molar-refractivity contribution in [2.45, 2.75) is 19.1 Å². The number of aryl methyl sites for hydroxylation is 1. The fourth-order valence-corrected chi connectivity index (χ4v) is 3.40. The minimum atomic E-state index is -4.46. The molecule has 2 N–H and O–H groups in total. The van der Waals surface area contributed by atoms with Crippen LogP contribution in [0.25, 0.3) is 33.7 Å². The van der Waals surface area contributed by atoms with Gasteiger partial charge in [0, 0.05) is 13.1 Å². The molecule has 1 atom stereocenters. The van der Waals surface area contributed by atoms with Crippen LogP contribution in [-0.4, -0.2) is 40.6 Å². The van der Waals surface area contributed by atoms with Crippen molar-refractivity contribution in [2.24, 2.45) is 7.05 Å². The summed E-state index contributed by atoms with van der Waals surface area (Å²) in [6.45, 7) is 1.69. The van der Waals surface area contributed by atoms with E-state index in [2.05, 4.69) is 35.4 Å². The van der Waals surface area contributed by atoms with Crippen LogP contribution in [-0.2, 0) is 13.2 Å². The van der Waals surface area contributed by atoms with Crippen LogP contribution in [0.2, 0.25) is 0 Å². The number of imidazole rings is 2. The Morgan fingerprint density at radius 3 is 2.82 bits per heavy atom. The number of carbonyl (C=O) groups excluding carboxylic acids is 1. The van der Waals surface area contributed by atoms with Gasteiger partial charge in [0.05, 0.1) is 29.0 Å². The largest absolute Gasteiger partial charge is 0.416 e. The quantitative estimate of drug-likeness (QED) is 0.424. The monoisotopic (exact) mass is 456 g/mol. The van der Waals surface area contributed by atoms with Crippen LogP contribution in [0.1, 0.15) is 34.8 Å². The van der Waals surface area contributed by atoms with Crippen molar-refractivity contribution in [1.29, 1.82) is 0 Å². The fourth-order valence-electron chi connectivity index (χ4n) is 3.40. The summed E-state index contributed by atoms with van der Waals surface area (Å²) in [5.41, 5.74) is 1.11. The van der Waals surface area contributed by atoms with Crippen molar-refractivity contribution in [3.8, 4) is 11.5 Å². The van der Waals surface area contributed by atoms with Crippen LogP contribution >= 0.6 is 0 Å². The molecule has 13 heteroatoms. The Balaban J connectivity index is 1.38. The van der Waals surface area contributed by atoms with Gasteiger partial charge in [-0.05, 0) is 25.1 Å². The average Bonchev–Trinajstić information content (AvgIpc) is 3.50. The van der Waals surface area contributed by atoms with E-state index < -0.39 is 23.7 Å². The van der Waals surface area contributed by atoms with Crippen LogP contribution in [0.3, 0.4) is 0 Å². The van der Waals surface area contributed by atoms with E-state index in [1.54, 1.807) is 24.6 Å². The third-order valence-corrected chi connectivity index (χ3v) is 5.08. The molecule has 4 heterocycles. The maximum absolute atomic E-state index is 12.9. The Labute approximate surface area is 182 Å². The van der Waals surface area contributed by atoms with Crippen molar-refractivity contribution in [2.75, 3.05) is 0 Å². The number of hydrogen-bond donors (Lipinski definition) is 2. The summed E-state index contributed by atoms with van der Waals surface area (Å²) in [5.74, 6) is 0.107. The Hall–Kier alpha value is -4.29. The van der Waals surface area contributed by atoms with Crippen LogP contribution < -0.4 is 5.32 Å². The number of hydrogen-bond acceptors (Lipinski definition) is 7. The van der Waals surface area contributed by atoms with E-state index in [4.69, 9.17) is 4.52 Å². The molecule has 0 unspecified atom stereocenters. The molecule has 10 nitrogen and oxygen atoms in total. The Bertz CT molecular complexity index is 1500. The third-order valence-electron chi connectivity index (χ3n) is 5.08. The lowest BCUT2D eigenvalue weighted by Gasteiger charge is -2.10. The van der Waals surface area contributed by atoms with Gasteiger partial charge in [-0.15, -0.1) is 0 Å². The molecule has 0 bridgehead atoms. The molecule has 0 spiro atoms. The number of nitrogens with one attached hydrogen (secondary N) is 2. The molecule has 1 amide bonds. The number of benzene rings is 1. The van der Waals surface area contributed by atoms with Crippen molar-refractivity contribution < 1.29 is 22.5 Å². The number of rotatable bonds is 4. The number of amides is 1. The molecule has 0 aliphatic heterocycles. The highest BCUT2D eigenvalue weighted by molar-refractivity contribution is 6.02. The summed E-state index contributed by atoms with van der Waals surface area (Å²) < 4.78 is 45.8. The van der Waals surface area contributed by atoms with Crippen molar-refractivity contribution in [1.82, 2.24) is 40.0 Å². The van der Waals surface area contributed by atoms with Crippen LogP contribution in [0.4, 0.5) is 13.2 Å². The second kappa shape index (κ2) is 7.39. The van der Waals surface area contributed by atoms with Gasteiger partial charge in [-0.2, -0.15) is 13.2 Å². The van der Waals surface area contributed by atoms with Gasteiger partial charge < -0.3 is 19.4 Å². The third kappa shape index (κ3) is 3.66. The van der Waals surface area contributed by atoms with E-state index in [0.29, 0.717) is 22.4 Å². The molecule has 4 aromatic heterocycles. The molecule has 0 saturated heterocycles. The number of alkyl halides is 3. The highest BCUT2D eigenvalue weighted by Crippen LogP contribution is 2.32. The maximum Gasteiger partial charge on any atom is 0.416 e. The Kier molecular flexibility index (Phi) is 4.62. The second-order valence-electron chi connectivity index (χ2n) is 7.37. The number of nitrogens with zero attached hydrogens (tertiary/aromatic N) is 6. The molecule has 33 heavy (non-hydrogen) atoms. The van der Waals surface area contributed by atoms with Gasteiger partial charge in [0.2, 0.25) is 0 Å².